The monoisotopic (exact) mass is 1120 g/mol. The van der Waals surface area contributed by atoms with E-state index in [9.17, 15) is 14.4 Å². The molecule has 0 fully saturated rings. The molecule has 0 aromatic heterocycles. The third-order valence-electron chi connectivity index (χ3n) is 13.8. The Morgan fingerprint density at radius 2 is 0.481 bits per heavy atom. The summed E-state index contributed by atoms with van der Waals surface area (Å²) in [6.45, 7) is 6.46. The predicted molar refractivity (Wildman–Crippen MR) is 352 cm³/mol. The molecule has 0 rings (SSSR count). The highest BCUT2D eigenvalue weighted by atomic mass is 16.6. The first kappa shape index (κ1) is 76.3. The maximum absolute atomic E-state index is 12.9. The molecular weight excluding hydrogens is 997 g/mol. The minimum atomic E-state index is -0.799. The van der Waals surface area contributed by atoms with Crippen LogP contribution in [0, 0.1) is 0 Å². The van der Waals surface area contributed by atoms with E-state index in [2.05, 4.69) is 167 Å². The van der Waals surface area contributed by atoms with Crippen molar-refractivity contribution in [3.05, 3.63) is 146 Å². The van der Waals surface area contributed by atoms with Gasteiger partial charge in [-0.1, -0.05) is 269 Å². The van der Waals surface area contributed by atoms with Crippen LogP contribution in [0.1, 0.15) is 290 Å². The maximum Gasteiger partial charge on any atom is 0.306 e. The highest BCUT2D eigenvalue weighted by molar-refractivity contribution is 5.71. The van der Waals surface area contributed by atoms with Gasteiger partial charge in [-0.25, -0.2) is 0 Å². The second-order valence-corrected chi connectivity index (χ2v) is 21.6. The summed E-state index contributed by atoms with van der Waals surface area (Å²) in [5.74, 6) is -0.927. The molecule has 0 bridgehead atoms. The fourth-order valence-electron chi connectivity index (χ4n) is 8.81. The van der Waals surface area contributed by atoms with Crippen LogP contribution in [0.4, 0.5) is 0 Å². The summed E-state index contributed by atoms with van der Waals surface area (Å²) in [5, 5.41) is 0. The molecule has 1 unspecified atom stereocenters. The molecule has 6 heteroatoms. The molecule has 0 N–H and O–H groups in total. The van der Waals surface area contributed by atoms with E-state index in [0.29, 0.717) is 19.3 Å². The normalized spacial score (nSPS) is 13.1. The first-order valence-electron chi connectivity index (χ1n) is 33.3. The Morgan fingerprint density at radius 3 is 0.790 bits per heavy atom. The second-order valence-electron chi connectivity index (χ2n) is 21.6. The molecule has 81 heavy (non-hydrogen) atoms. The highest BCUT2D eigenvalue weighted by Gasteiger charge is 2.19. The van der Waals surface area contributed by atoms with Gasteiger partial charge < -0.3 is 14.2 Å². The number of unbranched alkanes of at least 4 members (excludes halogenated alkanes) is 24. The van der Waals surface area contributed by atoms with Crippen LogP contribution in [-0.2, 0) is 28.6 Å². The Hall–Kier alpha value is -4.71. The lowest BCUT2D eigenvalue weighted by atomic mass is 10.1. The summed E-state index contributed by atoms with van der Waals surface area (Å²) in [7, 11) is 0. The number of esters is 3. The standard InChI is InChI=1S/C75H122O6/c1-4-7-10-13-16-19-22-25-27-28-29-30-31-32-33-34-35-36-37-38-39-40-41-42-43-44-45-46-48-50-53-56-59-62-65-68-74(77)80-71-72(70-79-73(76)67-64-61-58-55-52-49-24-21-18-15-12-9-6-3)81-75(78)69-66-63-60-57-54-51-47-26-23-20-17-14-11-8-5-2/h7,10,16-17,19-21,24-27,29-30,32-33,35-36,38-39,41-42,44-45,47,72H,4-6,8-9,11-15,18,22-23,28,31,34,37,40,43,46,48-71H2,1-3H3/b10-7-,19-16-,20-17-,24-21-,27-25-,30-29-,33-32-,36-35-,39-38-,42-41-,45-44-,47-26-. The molecule has 0 radical (unpaired) electrons. The van der Waals surface area contributed by atoms with E-state index < -0.39 is 6.10 Å². The molecule has 0 amide bonds. The van der Waals surface area contributed by atoms with Gasteiger partial charge >= 0.3 is 17.9 Å². The van der Waals surface area contributed by atoms with E-state index in [4.69, 9.17) is 14.2 Å². The molecule has 0 aliphatic rings. The lowest BCUT2D eigenvalue weighted by molar-refractivity contribution is -0.167. The number of ether oxygens (including phenoxy) is 3. The van der Waals surface area contributed by atoms with Crippen LogP contribution in [0.15, 0.2) is 146 Å². The fourth-order valence-corrected chi connectivity index (χ4v) is 8.81. The maximum atomic E-state index is 12.9. The minimum Gasteiger partial charge on any atom is -0.462 e. The summed E-state index contributed by atoms with van der Waals surface area (Å²) < 4.78 is 16.9. The smallest absolute Gasteiger partial charge is 0.306 e. The van der Waals surface area contributed by atoms with Crippen LogP contribution in [0.2, 0.25) is 0 Å². The molecule has 1 atom stereocenters. The van der Waals surface area contributed by atoms with E-state index in [1.807, 2.05) is 0 Å². The second kappa shape index (κ2) is 67.8. The van der Waals surface area contributed by atoms with Gasteiger partial charge in [-0.05, 0) is 148 Å². The number of rotatable bonds is 59. The van der Waals surface area contributed by atoms with Gasteiger partial charge in [-0.2, -0.15) is 0 Å². The molecule has 0 aliphatic heterocycles. The third-order valence-corrected chi connectivity index (χ3v) is 13.8. The Balaban J connectivity index is 4.29. The van der Waals surface area contributed by atoms with Crippen molar-refractivity contribution in [2.45, 2.75) is 297 Å². The summed E-state index contributed by atoms with van der Waals surface area (Å²) in [6.07, 6.45) is 97.1. The summed E-state index contributed by atoms with van der Waals surface area (Å²) in [5.41, 5.74) is 0. The predicted octanol–water partition coefficient (Wildman–Crippen LogP) is 23.1. The molecule has 0 saturated heterocycles. The molecular formula is C75H122O6. The highest BCUT2D eigenvalue weighted by Crippen LogP contribution is 2.14. The number of allylic oxidation sites excluding steroid dienone is 24. The Morgan fingerprint density at radius 1 is 0.259 bits per heavy atom. The van der Waals surface area contributed by atoms with Crippen LogP contribution in [0.3, 0.4) is 0 Å². The average molecular weight is 1120 g/mol. The zero-order chi connectivity index (χ0) is 58.5. The lowest BCUT2D eigenvalue weighted by Crippen LogP contribution is -2.30. The molecule has 0 aromatic carbocycles. The van der Waals surface area contributed by atoms with Gasteiger partial charge in [0.25, 0.3) is 0 Å². The molecule has 6 nitrogen and oxygen atoms in total. The van der Waals surface area contributed by atoms with E-state index in [1.54, 1.807) is 0 Å². The van der Waals surface area contributed by atoms with Crippen LogP contribution in [-0.4, -0.2) is 37.2 Å². The van der Waals surface area contributed by atoms with Crippen molar-refractivity contribution in [3.63, 3.8) is 0 Å². The largest absolute Gasteiger partial charge is 0.462 e. The zero-order valence-corrected chi connectivity index (χ0v) is 52.5. The van der Waals surface area contributed by atoms with Crippen molar-refractivity contribution in [1.29, 1.82) is 0 Å². The van der Waals surface area contributed by atoms with Crippen molar-refractivity contribution in [1.82, 2.24) is 0 Å². The zero-order valence-electron chi connectivity index (χ0n) is 52.5. The van der Waals surface area contributed by atoms with E-state index >= 15 is 0 Å². The van der Waals surface area contributed by atoms with Crippen molar-refractivity contribution in [2.24, 2.45) is 0 Å². The van der Waals surface area contributed by atoms with Gasteiger partial charge in [-0.3, -0.25) is 14.4 Å². The first-order chi connectivity index (χ1) is 40.0. The SMILES string of the molecule is CC/C=C\C/C=C\C/C=C\C/C=C\C/C=C\C/C=C\C/C=C\C/C=C\C/C=C\CCCCCCCCCC(=O)OCC(COC(=O)CCCCCCC/C=C\CCCCCC)OC(=O)CCCCCCC/C=C\C/C=C\CCCCC. The topological polar surface area (TPSA) is 78.9 Å². The Kier molecular flexibility index (Phi) is 63.9. The molecule has 0 spiro atoms. The lowest BCUT2D eigenvalue weighted by Gasteiger charge is -2.18. The molecule has 0 aliphatic carbocycles. The van der Waals surface area contributed by atoms with Crippen molar-refractivity contribution >= 4 is 17.9 Å². The summed E-state index contributed by atoms with van der Waals surface area (Å²) in [4.78, 5) is 38.3. The van der Waals surface area contributed by atoms with Crippen LogP contribution in [0.5, 0.6) is 0 Å². The minimum absolute atomic E-state index is 0.0945. The summed E-state index contributed by atoms with van der Waals surface area (Å²) >= 11 is 0. The van der Waals surface area contributed by atoms with Crippen molar-refractivity contribution < 1.29 is 28.6 Å². The van der Waals surface area contributed by atoms with Gasteiger partial charge in [0.05, 0.1) is 0 Å². The fraction of sp³-hybridized carbons (Fsp3) is 0.640. The number of carbonyl (C=O) groups is 3. The Bertz CT molecular complexity index is 1760. The quantitative estimate of drug-likeness (QED) is 0.0261. The molecule has 0 aromatic rings. The Labute approximate surface area is 499 Å². The molecule has 0 saturated carbocycles. The van der Waals surface area contributed by atoms with Crippen LogP contribution < -0.4 is 0 Å². The van der Waals surface area contributed by atoms with Crippen LogP contribution >= 0.6 is 0 Å². The van der Waals surface area contributed by atoms with Gasteiger partial charge in [0.1, 0.15) is 13.2 Å². The van der Waals surface area contributed by atoms with Gasteiger partial charge in [0.15, 0.2) is 6.10 Å². The average Bonchev–Trinajstić information content (AvgIpc) is 3.46. The van der Waals surface area contributed by atoms with E-state index in [0.717, 1.165) is 161 Å². The van der Waals surface area contributed by atoms with Gasteiger partial charge in [-0.15, -0.1) is 0 Å². The van der Waals surface area contributed by atoms with E-state index in [-0.39, 0.29) is 31.1 Å². The van der Waals surface area contributed by atoms with Crippen molar-refractivity contribution in [3.8, 4) is 0 Å². The van der Waals surface area contributed by atoms with Gasteiger partial charge in [0.2, 0.25) is 0 Å². The summed E-state index contributed by atoms with van der Waals surface area (Å²) in [6, 6.07) is 0. The van der Waals surface area contributed by atoms with Gasteiger partial charge in [0, 0.05) is 19.3 Å². The number of hydrogen-bond donors (Lipinski definition) is 0. The number of carbonyl (C=O) groups excluding carboxylic acids is 3. The number of hydrogen-bond acceptors (Lipinski definition) is 6. The third kappa shape index (κ3) is 66.0. The molecule has 0 heterocycles. The van der Waals surface area contributed by atoms with Crippen molar-refractivity contribution in [2.75, 3.05) is 13.2 Å². The first-order valence-corrected chi connectivity index (χ1v) is 33.3. The van der Waals surface area contributed by atoms with Crippen LogP contribution in [0.25, 0.3) is 0 Å². The molecule has 458 valence electrons. The van der Waals surface area contributed by atoms with E-state index in [1.165, 1.54) is 89.9 Å².